The molecule has 0 saturated heterocycles. The van der Waals surface area contributed by atoms with Gasteiger partial charge in [-0.3, -0.25) is 9.69 Å². The van der Waals surface area contributed by atoms with Crippen molar-refractivity contribution in [2.24, 2.45) is 0 Å². The van der Waals surface area contributed by atoms with Crippen LogP contribution in [-0.4, -0.2) is 35.1 Å². The largest absolute Gasteiger partial charge is 0.481 e. The molecule has 0 aromatic rings. The van der Waals surface area contributed by atoms with Gasteiger partial charge in [0, 0.05) is 19.1 Å². The van der Waals surface area contributed by atoms with E-state index in [1.54, 1.807) is 0 Å². The zero-order valence-electron chi connectivity index (χ0n) is 11.7. The van der Waals surface area contributed by atoms with Crippen LogP contribution in [0.15, 0.2) is 12.2 Å². The Balaban J connectivity index is 2.53. The topological polar surface area (TPSA) is 40.5 Å². The molecule has 1 fully saturated rings. The minimum Gasteiger partial charge on any atom is -0.481 e. The molecule has 0 spiro atoms. The normalized spacial score (nSPS) is 18.3. The predicted molar refractivity (Wildman–Crippen MR) is 74.7 cm³/mol. The quantitative estimate of drug-likeness (QED) is 0.737. The molecule has 1 rings (SSSR count). The second-order valence-corrected chi connectivity index (χ2v) is 5.57. The first-order valence-corrected chi connectivity index (χ1v) is 7.20. The van der Waals surface area contributed by atoms with E-state index in [4.69, 9.17) is 5.11 Å². The molecule has 0 heterocycles. The second kappa shape index (κ2) is 8.30. The molecular weight excluding hydrogens is 226 g/mol. The van der Waals surface area contributed by atoms with Gasteiger partial charge >= 0.3 is 5.97 Å². The lowest BCUT2D eigenvalue weighted by Crippen LogP contribution is -2.38. The van der Waals surface area contributed by atoms with Gasteiger partial charge in [-0.05, 0) is 19.8 Å². The summed E-state index contributed by atoms with van der Waals surface area (Å²) in [5.74, 6) is -0.701. The molecule has 3 nitrogen and oxygen atoms in total. The first-order chi connectivity index (χ1) is 8.59. The van der Waals surface area contributed by atoms with Gasteiger partial charge in [-0.25, -0.2) is 0 Å². The molecule has 3 heteroatoms. The fourth-order valence-corrected chi connectivity index (χ4v) is 2.78. The lowest BCUT2D eigenvalue weighted by atomic mass is 9.95. The molecule has 104 valence electrons. The Kier molecular flexibility index (Phi) is 7.02. The summed E-state index contributed by atoms with van der Waals surface area (Å²) < 4.78 is 0. The Hall–Kier alpha value is -0.830. The summed E-state index contributed by atoms with van der Waals surface area (Å²) in [5, 5.41) is 8.85. The average molecular weight is 253 g/mol. The molecule has 0 aromatic carbocycles. The summed E-state index contributed by atoms with van der Waals surface area (Å²) in [4.78, 5) is 13.1. The molecule has 1 N–H and O–H groups in total. The number of rotatable bonds is 6. The summed E-state index contributed by atoms with van der Waals surface area (Å²) >= 11 is 0. The van der Waals surface area contributed by atoms with Crippen molar-refractivity contribution < 1.29 is 9.90 Å². The Labute approximate surface area is 111 Å². The minimum absolute atomic E-state index is 0.240. The van der Waals surface area contributed by atoms with E-state index in [9.17, 15) is 4.79 Å². The molecule has 1 saturated carbocycles. The molecule has 0 radical (unpaired) electrons. The van der Waals surface area contributed by atoms with Crippen molar-refractivity contribution in [1.29, 1.82) is 0 Å². The predicted octanol–water partition coefficient (Wildman–Crippen LogP) is 3.45. The zero-order chi connectivity index (χ0) is 13.4. The molecular formula is C15H27NO2. The van der Waals surface area contributed by atoms with Gasteiger partial charge in [0.05, 0.1) is 6.42 Å². The highest BCUT2D eigenvalue weighted by Crippen LogP contribution is 2.22. The van der Waals surface area contributed by atoms with Crippen molar-refractivity contribution in [2.45, 2.75) is 64.3 Å². The van der Waals surface area contributed by atoms with Crippen LogP contribution in [0, 0.1) is 0 Å². The van der Waals surface area contributed by atoms with E-state index in [1.807, 2.05) is 6.92 Å². The fourth-order valence-electron chi connectivity index (χ4n) is 2.78. The lowest BCUT2D eigenvalue weighted by Gasteiger charge is -2.33. The Morgan fingerprint density at radius 1 is 1.22 bits per heavy atom. The Morgan fingerprint density at radius 2 is 1.78 bits per heavy atom. The van der Waals surface area contributed by atoms with Crippen LogP contribution in [0.2, 0.25) is 0 Å². The van der Waals surface area contributed by atoms with Crippen molar-refractivity contribution in [3.63, 3.8) is 0 Å². The first-order valence-electron chi connectivity index (χ1n) is 7.20. The highest BCUT2D eigenvalue weighted by atomic mass is 16.4. The third kappa shape index (κ3) is 6.20. The van der Waals surface area contributed by atoms with Crippen molar-refractivity contribution >= 4 is 5.97 Å². The average Bonchev–Trinajstić information content (AvgIpc) is 2.23. The third-order valence-corrected chi connectivity index (χ3v) is 3.68. The van der Waals surface area contributed by atoms with Crippen LogP contribution in [0.5, 0.6) is 0 Å². The monoisotopic (exact) mass is 253 g/mol. The SMILES string of the molecule is C=C(C)CN(CCC(=O)O)C1CCCCCCC1. The summed E-state index contributed by atoms with van der Waals surface area (Å²) in [6.07, 6.45) is 9.26. The number of hydrogen-bond donors (Lipinski definition) is 1. The van der Waals surface area contributed by atoms with Crippen LogP contribution in [-0.2, 0) is 4.79 Å². The van der Waals surface area contributed by atoms with Gasteiger partial charge < -0.3 is 5.11 Å². The van der Waals surface area contributed by atoms with Crippen LogP contribution in [0.25, 0.3) is 0 Å². The smallest absolute Gasteiger partial charge is 0.304 e. The molecule has 18 heavy (non-hydrogen) atoms. The van der Waals surface area contributed by atoms with E-state index in [0.717, 1.165) is 12.1 Å². The van der Waals surface area contributed by atoms with E-state index < -0.39 is 5.97 Å². The molecule has 0 aromatic heterocycles. The number of carbonyl (C=O) groups is 1. The zero-order valence-corrected chi connectivity index (χ0v) is 11.7. The standard InChI is InChI=1S/C15H27NO2/c1-13(2)12-16(11-10-15(17)18)14-8-6-4-3-5-7-9-14/h14H,1,3-12H2,2H3,(H,17,18). The van der Waals surface area contributed by atoms with E-state index in [1.165, 1.54) is 44.9 Å². The highest BCUT2D eigenvalue weighted by Gasteiger charge is 2.19. The maximum atomic E-state index is 10.7. The summed E-state index contributed by atoms with van der Waals surface area (Å²) in [6.45, 7) is 7.50. The molecule has 0 atom stereocenters. The summed E-state index contributed by atoms with van der Waals surface area (Å²) in [5.41, 5.74) is 1.13. The van der Waals surface area contributed by atoms with Crippen LogP contribution in [0.1, 0.15) is 58.3 Å². The minimum atomic E-state index is -0.701. The second-order valence-electron chi connectivity index (χ2n) is 5.57. The Morgan fingerprint density at radius 3 is 2.28 bits per heavy atom. The van der Waals surface area contributed by atoms with Gasteiger partial charge in [0.15, 0.2) is 0 Å². The van der Waals surface area contributed by atoms with Gasteiger partial charge in [0.25, 0.3) is 0 Å². The van der Waals surface area contributed by atoms with Gasteiger partial charge in [-0.15, -0.1) is 0 Å². The van der Waals surface area contributed by atoms with Crippen LogP contribution in [0.4, 0.5) is 0 Å². The van der Waals surface area contributed by atoms with Crippen LogP contribution >= 0.6 is 0 Å². The number of nitrogens with zero attached hydrogens (tertiary/aromatic N) is 1. The third-order valence-electron chi connectivity index (χ3n) is 3.68. The molecule has 1 aliphatic rings. The maximum Gasteiger partial charge on any atom is 0.304 e. The molecule has 0 bridgehead atoms. The molecule has 1 aliphatic carbocycles. The number of hydrogen-bond acceptors (Lipinski definition) is 2. The van der Waals surface area contributed by atoms with E-state index in [0.29, 0.717) is 12.6 Å². The molecule has 0 unspecified atom stereocenters. The number of aliphatic carboxylic acids is 1. The van der Waals surface area contributed by atoms with E-state index in [-0.39, 0.29) is 6.42 Å². The van der Waals surface area contributed by atoms with Gasteiger partial charge in [-0.2, -0.15) is 0 Å². The van der Waals surface area contributed by atoms with Crippen molar-refractivity contribution in [3.8, 4) is 0 Å². The Bertz CT molecular complexity index is 268. The van der Waals surface area contributed by atoms with Crippen molar-refractivity contribution in [1.82, 2.24) is 4.90 Å². The maximum absolute atomic E-state index is 10.7. The van der Waals surface area contributed by atoms with E-state index in [2.05, 4.69) is 11.5 Å². The summed E-state index contributed by atoms with van der Waals surface area (Å²) in [6, 6.07) is 0.557. The van der Waals surface area contributed by atoms with Crippen molar-refractivity contribution in [3.05, 3.63) is 12.2 Å². The van der Waals surface area contributed by atoms with Crippen LogP contribution < -0.4 is 0 Å². The van der Waals surface area contributed by atoms with E-state index >= 15 is 0 Å². The van der Waals surface area contributed by atoms with Gasteiger partial charge in [0.2, 0.25) is 0 Å². The fraction of sp³-hybridized carbons (Fsp3) is 0.800. The summed E-state index contributed by atoms with van der Waals surface area (Å²) in [7, 11) is 0. The lowest BCUT2D eigenvalue weighted by molar-refractivity contribution is -0.137. The number of carboxylic acid groups (broad SMARTS) is 1. The van der Waals surface area contributed by atoms with Crippen LogP contribution in [0.3, 0.4) is 0 Å². The number of carboxylic acids is 1. The molecule has 0 amide bonds. The van der Waals surface area contributed by atoms with Gasteiger partial charge in [0.1, 0.15) is 0 Å². The molecule has 0 aliphatic heterocycles. The van der Waals surface area contributed by atoms with Crippen molar-refractivity contribution in [2.75, 3.05) is 13.1 Å². The first kappa shape index (κ1) is 15.2. The highest BCUT2D eigenvalue weighted by molar-refractivity contribution is 5.66. The van der Waals surface area contributed by atoms with Gasteiger partial charge in [-0.1, -0.05) is 44.3 Å².